The number of ether oxygens (including phenoxy) is 3. The first kappa shape index (κ1) is 18.6. The van der Waals surface area contributed by atoms with Gasteiger partial charge in [-0.1, -0.05) is 6.92 Å². The summed E-state index contributed by atoms with van der Waals surface area (Å²) in [6.07, 6.45) is 6.50. The van der Waals surface area contributed by atoms with Crippen LogP contribution < -0.4 is 0 Å². The Morgan fingerprint density at radius 1 is 0.929 bits per heavy atom. The molecule has 0 unspecified atom stereocenters. The molecule has 6 heteroatoms. The van der Waals surface area contributed by atoms with Crippen LogP contribution in [0.2, 0.25) is 0 Å². The lowest BCUT2D eigenvalue weighted by molar-refractivity contribution is -0.159. The van der Waals surface area contributed by atoms with E-state index in [1.54, 1.807) is 0 Å². The molecule has 4 aliphatic carbocycles. The molecule has 0 spiro atoms. The van der Waals surface area contributed by atoms with Gasteiger partial charge in [-0.3, -0.25) is 14.4 Å². The van der Waals surface area contributed by atoms with Gasteiger partial charge in [0.2, 0.25) is 5.78 Å². The fourth-order valence-electron chi connectivity index (χ4n) is 7.78. The average molecular weight is 390 g/mol. The monoisotopic (exact) mass is 390 g/mol. The van der Waals surface area contributed by atoms with Crippen molar-refractivity contribution in [3.63, 3.8) is 0 Å². The molecular weight excluding hydrogens is 360 g/mol. The van der Waals surface area contributed by atoms with Crippen LogP contribution in [0.3, 0.4) is 0 Å². The number of rotatable bonds is 2. The summed E-state index contributed by atoms with van der Waals surface area (Å²) in [6.45, 7) is 5.16. The predicted octanol–water partition coefficient (Wildman–Crippen LogP) is 2.96. The molecule has 0 aromatic carbocycles. The van der Waals surface area contributed by atoms with Gasteiger partial charge in [0.1, 0.15) is 11.7 Å². The SMILES string of the molecule is CC(=O)O[C@H]1CC[C@H]2[C@@H]3CC[C@@]45O[C@@]4(CC[C@@H](OC(C)=O)C5=O)[C@H]3CC[C@]12C. The molecule has 5 rings (SSSR count). The highest BCUT2D eigenvalue weighted by Gasteiger charge is 2.82. The Morgan fingerprint density at radius 3 is 2.39 bits per heavy atom. The molecule has 8 atom stereocenters. The zero-order chi connectivity index (χ0) is 19.9. The molecule has 4 saturated carbocycles. The van der Waals surface area contributed by atoms with Gasteiger partial charge in [0, 0.05) is 19.3 Å². The van der Waals surface area contributed by atoms with E-state index in [1.807, 2.05) is 0 Å². The van der Waals surface area contributed by atoms with Crippen LogP contribution in [-0.2, 0) is 28.6 Å². The highest BCUT2D eigenvalue weighted by Crippen LogP contribution is 2.72. The van der Waals surface area contributed by atoms with Crippen LogP contribution in [0.25, 0.3) is 0 Å². The van der Waals surface area contributed by atoms with Crippen molar-refractivity contribution >= 4 is 17.7 Å². The third-order valence-electron chi connectivity index (χ3n) is 8.86. The number of carbonyl (C=O) groups excluding carboxylic acids is 3. The molecule has 1 heterocycles. The second-order valence-corrected chi connectivity index (χ2v) is 9.96. The Morgan fingerprint density at radius 2 is 1.68 bits per heavy atom. The van der Waals surface area contributed by atoms with Crippen molar-refractivity contribution in [2.45, 2.75) is 95.5 Å². The summed E-state index contributed by atoms with van der Waals surface area (Å²) >= 11 is 0. The Labute approximate surface area is 165 Å². The lowest BCUT2D eigenvalue weighted by atomic mass is 9.50. The number of ketones is 1. The summed E-state index contributed by atoms with van der Waals surface area (Å²) in [4.78, 5) is 36.1. The smallest absolute Gasteiger partial charge is 0.303 e. The van der Waals surface area contributed by atoms with Crippen molar-refractivity contribution in [1.82, 2.24) is 0 Å². The standard InChI is InChI=1S/C22H30O6/c1-12(23)26-17-8-11-21-16-7-9-20(3)15(4-5-18(20)27-13(2)24)14(16)6-10-22(21,28-21)19(17)25/h14-18H,4-11H2,1-3H3/t14-,15-,16-,17+,18-,20-,21-,22-/m0/s1. The number of hydrogen-bond acceptors (Lipinski definition) is 6. The average Bonchev–Trinajstić information content (AvgIpc) is 3.23. The minimum Gasteiger partial charge on any atom is -0.462 e. The van der Waals surface area contributed by atoms with Crippen LogP contribution >= 0.6 is 0 Å². The summed E-state index contributed by atoms with van der Waals surface area (Å²) in [5, 5.41) is 0. The van der Waals surface area contributed by atoms with Gasteiger partial charge < -0.3 is 14.2 Å². The van der Waals surface area contributed by atoms with E-state index in [0.29, 0.717) is 24.2 Å². The molecule has 0 bridgehead atoms. The van der Waals surface area contributed by atoms with E-state index in [9.17, 15) is 14.4 Å². The van der Waals surface area contributed by atoms with Gasteiger partial charge >= 0.3 is 11.9 Å². The van der Waals surface area contributed by atoms with E-state index in [0.717, 1.165) is 44.9 Å². The molecule has 28 heavy (non-hydrogen) atoms. The molecule has 5 fully saturated rings. The first-order chi connectivity index (χ1) is 13.2. The van der Waals surface area contributed by atoms with Crippen LogP contribution in [0, 0.1) is 23.2 Å². The lowest BCUT2D eigenvalue weighted by Gasteiger charge is -2.53. The van der Waals surface area contributed by atoms with E-state index in [4.69, 9.17) is 14.2 Å². The predicted molar refractivity (Wildman–Crippen MR) is 98.2 cm³/mol. The van der Waals surface area contributed by atoms with Gasteiger partial charge in [0.15, 0.2) is 11.7 Å². The van der Waals surface area contributed by atoms with Gasteiger partial charge in [-0.25, -0.2) is 0 Å². The third kappa shape index (κ3) is 2.21. The van der Waals surface area contributed by atoms with Crippen LogP contribution in [0.1, 0.15) is 72.1 Å². The zero-order valence-electron chi connectivity index (χ0n) is 17.0. The molecule has 0 aromatic heterocycles. The van der Waals surface area contributed by atoms with Gasteiger partial charge in [-0.2, -0.15) is 0 Å². The normalized spacial score (nSPS) is 51.2. The largest absolute Gasteiger partial charge is 0.462 e. The molecule has 1 aliphatic heterocycles. The van der Waals surface area contributed by atoms with Crippen molar-refractivity contribution in [2.24, 2.45) is 23.2 Å². The number of epoxide rings is 1. The fraction of sp³-hybridized carbons (Fsp3) is 0.864. The van der Waals surface area contributed by atoms with Crippen molar-refractivity contribution < 1.29 is 28.6 Å². The molecular formula is C22H30O6. The van der Waals surface area contributed by atoms with Crippen LogP contribution in [0.5, 0.6) is 0 Å². The van der Waals surface area contributed by atoms with Crippen LogP contribution in [0.15, 0.2) is 0 Å². The molecule has 5 aliphatic rings. The van der Waals surface area contributed by atoms with E-state index >= 15 is 0 Å². The number of esters is 2. The van der Waals surface area contributed by atoms with E-state index in [2.05, 4.69) is 6.92 Å². The molecule has 0 radical (unpaired) electrons. The topological polar surface area (TPSA) is 82.2 Å². The zero-order valence-corrected chi connectivity index (χ0v) is 17.0. The van der Waals surface area contributed by atoms with Gasteiger partial charge in [0.25, 0.3) is 0 Å². The van der Waals surface area contributed by atoms with E-state index < -0.39 is 17.7 Å². The van der Waals surface area contributed by atoms with Crippen molar-refractivity contribution in [1.29, 1.82) is 0 Å². The maximum Gasteiger partial charge on any atom is 0.303 e. The molecule has 0 aromatic rings. The summed E-state index contributed by atoms with van der Waals surface area (Å²) in [5.74, 6) is 0.840. The summed E-state index contributed by atoms with van der Waals surface area (Å²) in [5.41, 5.74) is -1.02. The number of carbonyl (C=O) groups is 3. The van der Waals surface area contributed by atoms with Gasteiger partial charge in [-0.15, -0.1) is 0 Å². The molecule has 1 saturated heterocycles. The Bertz CT molecular complexity index is 747. The molecule has 0 N–H and O–H groups in total. The van der Waals surface area contributed by atoms with Gasteiger partial charge in [-0.05, 0) is 69.1 Å². The van der Waals surface area contributed by atoms with Crippen molar-refractivity contribution in [3.8, 4) is 0 Å². The minimum atomic E-state index is -0.714. The lowest BCUT2D eigenvalue weighted by Crippen LogP contribution is -2.57. The maximum absolute atomic E-state index is 13.1. The summed E-state index contributed by atoms with van der Waals surface area (Å²) in [6, 6.07) is 0. The van der Waals surface area contributed by atoms with Crippen molar-refractivity contribution in [2.75, 3.05) is 0 Å². The second kappa shape index (κ2) is 5.80. The first-order valence-corrected chi connectivity index (χ1v) is 10.8. The van der Waals surface area contributed by atoms with E-state index in [-0.39, 0.29) is 28.9 Å². The number of fused-ring (bicyclic) bond motifs is 3. The van der Waals surface area contributed by atoms with Crippen molar-refractivity contribution in [3.05, 3.63) is 0 Å². The number of hydrogen-bond donors (Lipinski definition) is 0. The quantitative estimate of drug-likeness (QED) is 0.533. The summed E-state index contributed by atoms with van der Waals surface area (Å²) in [7, 11) is 0. The third-order valence-corrected chi connectivity index (χ3v) is 8.86. The Hall–Kier alpha value is -1.43. The fourth-order valence-corrected chi connectivity index (χ4v) is 7.78. The Kier molecular flexibility index (Phi) is 3.85. The molecule has 154 valence electrons. The minimum absolute atomic E-state index is 0.00931. The van der Waals surface area contributed by atoms with E-state index in [1.165, 1.54) is 13.8 Å². The van der Waals surface area contributed by atoms with Crippen LogP contribution in [-0.4, -0.2) is 41.1 Å². The Balaban J connectivity index is 1.39. The number of Topliss-reactive ketones (excluding diaryl/α,β-unsaturated/α-hetero) is 1. The molecule has 0 amide bonds. The van der Waals surface area contributed by atoms with Gasteiger partial charge in [0.05, 0.1) is 0 Å². The first-order valence-electron chi connectivity index (χ1n) is 10.8. The highest BCUT2D eigenvalue weighted by atomic mass is 16.6. The highest BCUT2D eigenvalue weighted by molar-refractivity contribution is 5.97. The second-order valence-electron chi connectivity index (χ2n) is 9.96. The van der Waals surface area contributed by atoms with Crippen LogP contribution in [0.4, 0.5) is 0 Å². The molecule has 6 nitrogen and oxygen atoms in total. The summed E-state index contributed by atoms with van der Waals surface area (Å²) < 4.78 is 17.4. The maximum atomic E-state index is 13.1.